The van der Waals surface area contributed by atoms with Crippen molar-refractivity contribution in [2.24, 2.45) is 0 Å². The van der Waals surface area contributed by atoms with Gasteiger partial charge in [-0.2, -0.15) is 13.2 Å². The molecule has 0 atom stereocenters. The van der Waals surface area contributed by atoms with Crippen molar-refractivity contribution in [1.29, 1.82) is 0 Å². The highest BCUT2D eigenvalue weighted by atomic mass is 35.5. The highest BCUT2D eigenvalue weighted by molar-refractivity contribution is 6.33. The number of aromatic carboxylic acids is 1. The van der Waals surface area contributed by atoms with Crippen LogP contribution in [0.3, 0.4) is 0 Å². The van der Waals surface area contributed by atoms with Gasteiger partial charge in [0.25, 0.3) is 0 Å². The topological polar surface area (TPSA) is 75.1 Å². The first kappa shape index (κ1) is 15.0. The van der Waals surface area contributed by atoms with Crippen LogP contribution in [0.15, 0.2) is 30.5 Å². The molecule has 1 aromatic carbocycles. The molecule has 0 aliphatic carbocycles. The lowest BCUT2D eigenvalue weighted by atomic mass is 10.2. The molecule has 0 aliphatic rings. The SMILES string of the molecule is O=C(O)c1ccc(Nc2nccc(C(F)(F)F)n2)c(Cl)c1. The van der Waals surface area contributed by atoms with Crippen LogP contribution in [-0.2, 0) is 6.18 Å². The first-order valence-corrected chi connectivity index (χ1v) is 5.85. The van der Waals surface area contributed by atoms with Crippen molar-refractivity contribution in [3.8, 4) is 0 Å². The lowest BCUT2D eigenvalue weighted by Gasteiger charge is -2.10. The number of aromatic nitrogens is 2. The zero-order valence-electron chi connectivity index (χ0n) is 10.1. The molecule has 110 valence electrons. The maximum absolute atomic E-state index is 12.5. The molecule has 0 radical (unpaired) electrons. The van der Waals surface area contributed by atoms with Gasteiger partial charge in [0.2, 0.25) is 5.95 Å². The molecule has 0 fully saturated rings. The van der Waals surface area contributed by atoms with Crippen molar-refractivity contribution in [1.82, 2.24) is 9.97 Å². The first-order valence-electron chi connectivity index (χ1n) is 5.47. The predicted octanol–water partition coefficient (Wildman–Crippen LogP) is 3.59. The van der Waals surface area contributed by atoms with Crippen molar-refractivity contribution < 1.29 is 23.1 Å². The highest BCUT2D eigenvalue weighted by Gasteiger charge is 2.32. The lowest BCUT2D eigenvalue weighted by molar-refractivity contribution is -0.141. The van der Waals surface area contributed by atoms with Crippen LogP contribution in [0.2, 0.25) is 5.02 Å². The van der Waals surface area contributed by atoms with Crippen molar-refractivity contribution >= 4 is 29.2 Å². The zero-order chi connectivity index (χ0) is 15.6. The molecule has 2 N–H and O–H groups in total. The highest BCUT2D eigenvalue weighted by Crippen LogP contribution is 2.29. The van der Waals surface area contributed by atoms with Crippen molar-refractivity contribution in [2.75, 3.05) is 5.32 Å². The van der Waals surface area contributed by atoms with Crippen molar-refractivity contribution in [3.05, 3.63) is 46.7 Å². The summed E-state index contributed by atoms with van der Waals surface area (Å²) < 4.78 is 37.6. The third kappa shape index (κ3) is 3.60. The lowest BCUT2D eigenvalue weighted by Crippen LogP contribution is -2.10. The smallest absolute Gasteiger partial charge is 0.433 e. The summed E-state index contributed by atoms with van der Waals surface area (Å²) in [7, 11) is 0. The Balaban J connectivity index is 2.28. The molecule has 0 unspecified atom stereocenters. The summed E-state index contributed by atoms with van der Waals surface area (Å²) in [6, 6.07) is 4.47. The largest absolute Gasteiger partial charge is 0.478 e. The number of benzene rings is 1. The third-order valence-electron chi connectivity index (χ3n) is 2.41. The minimum Gasteiger partial charge on any atom is -0.478 e. The van der Waals surface area contributed by atoms with Crippen molar-refractivity contribution in [2.45, 2.75) is 6.18 Å². The summed E-state index contributed by atoms with van der Waals surface area (Å²) in [5, 5.41) is 11.3. The molecule has 0 aliphatic heterocycles. The maximum atomic E-state index is 12.5. The van der Waals surface area contributed by atoms with Gasteiger partial charge in [0.15, 0.2) is 0 Å². The molecule has 9 heteroatoms. The van der Waals surface area contributed by atoms with Gasteiger partial charge in [0, 0.05) is 6.20 Å². The van der Waals surface area contributed by atoms with Gasteiger partial charge in [-0.3, -0.25) is 0 Å². The normalized spacial score (nSPS) is 11.2. The second kappa shape index (κ2) is 5.57. The van der Waals surface area contributed by atoms with Gasteiger partial charge in [-0.05, 0) is 24.3 Å². The Morgan fingerprint density at radius 3 is 2.57 bits per heavy atom. The number of carbonyl (C=O) groups is 1. The van der Waals surface area contributed by atoms with E-state index in [2.05, 4.69) is 15.3 Å². The number of alkyl halides is 3. The van der Waals surface area contributed by atoms with E-state index in [4.69, 9.17) is 16.7 Å². The molecule has 5 nitrogen and oxygen atoms in total. The minimum absolute atomic E-state index is 0.0240. The number of carboxylic acid groups (broad SMARTS) is 1. The van der Waals surface area contributed by atoms with Crippen molar-refractivity contribution in [3.63, 3.8) is 0 Å². The number of nitrogens with one attached hydrogen (secondary N) is 1. The number of carboxylic acids is 1. The molecule has 0 saturated heterocycles. The second-order valence-corrected chi connectivity index (χ2v) is 4.30. The van der Waals surface area contributed by atoms with E-state index < -0.39 is 17.8 Å². The van der Waals surface area contributed by atoms with E-state index in [0.29, 0.717) is 0 Å². The van der Waals surface area contributed by atoms with E-state index in [0.717, 1.165) is 12.3 Å². The van der Waals surface area contributed by atoms with Crippen LogP contribution in [0, 0.1) is 0 Å². The fourth-order valence-electron chi connectivity index (χ4n) is 1.45. The summed E-state index contributed by atoms with van der Waals surface area (Å²) in [5.41, 5.74) is -0.949. The quantitative estimate of drug-likeness (QED) is 0.904. The van der Waals surface area contributed by atoms with Crippen LogP contribution in [0.5, 0.6) is 0 Å². The summed E-state index contributed by atoms with van der Waals surface area (Å²) in [6.45, 7) is 0. The predicted molar refractivity (Wildman–Crippen MR) is 68.7 cm³/mol. The van der Waals surface area contributed by atoms with E-state index in [1.165, 1.54) is 18.2 Å². The molecule has 0 spiro atoms. The van der Waals surface area contributed by atoms with Gasteiger partial charge in [-0.15, -0.1) is 0 Å². The van der Waals surface area contributed by atoms with Crippen LogP contribution in [0.25, 0.3) is 0 Å². The maximum Gasteiger partial charge on any atom is 0.433 e. The fraction of sp³-hybridized carbons (Fsp3) is 0.0833. The minimum atomic E-state index is -4.59. The number of hydrogen-bond acceptors (Lipinski definition) is 4. The van der Waals surface area contributed by atoms with Crippen LogP contribution in [-0.4, -0.2) is 21.0 Å². The standard InChI is InChI=1S/C12H7ClF3N3O2/c13-7-5-6(10(20)21)1-2-8(7)18-11-17-4-3-9(19-11)12(14,15)16/h1-5H,(H,20,21)(H,17,18,19). The van der Waals surface area contributed by atoms with Crippen LogP contribution in [0.1, 0.15) is 16.1 Å². The van der Waals surface area contributed by atoms with E-state index >= 15 is 0 Å². The molecule has 2 aromatic rings. The van der Waals surface area contributed by atoms with Crippen LogP contribution in [0.4, 0.5) is 24.8 Å². The molecule has 1 aromatic heterocycles. The van der Waals surface area contributed by atoms with Crippen LogP contribution >= 0.6 is 11.6 Å². The van der Waals surface area contributed by atoms with E-state index in [9.17, 15) is 18.0 Å². The molecule has 0 amide bonds. The average molecular weight is 318 g/mol. The van der Waals surface area contributed by atoms with Gasteiger partial charge in [-0.25, -0.2) is 14.8 Å². The Morgan fingerprint density at radius 1 is 1.29 bits per heavy atom. The molecule has 2 rings (SSSR count). The molecule has 1 heterocycles. The van der Waals surface area contributed by atoms with E-state index in [1.807, 2.05) is 0 Å². The molecular formula is C12H7ClF3N3O2. The molecule has 0 bridgehead atoms. The molecular weight excluding hydrogens is 311 g/mol. The number of halogens is 4. The van der Waals surface area contributed by atoms with Gasteiger partial charge < -0.3 is 10.4 Å². The Labute approximate surface area is 121 Å². The average Bonchev–Trinajstić information content (AvgIpc) is 2.40. The third-order valence-corrected chi connectivity index (χ3v) is 2.72. The zero-order valence-corrected chi connectivity index (χ0v) is 10.9. The van der Waals surface area contributed by atoms with Gasteiger partial charge >= 0.3 is 12.1 Å². The van der Waals surface area contributed by atoms with E-state index in [-0.39, 0.29) is 22.2 Å². The molecule has 0 saturated carbocycles. The summed E-state index contributed by atoms with van der Waals surface area (Å²) >= 11 is 5.85. The Kier molecular flexibility index (Phi) is 3.99. The monoisotopic (exact) mass is 317 g/mol. The Morgan fingerprint density at radius 2 is 2.00 bits per heavy atom. The fourth-order valence-corrected chi connectivity index (χ4v) is 1.67. The van der Waals surface area contributed by atoms with Crippen LogP contribution < -0.4 is 5.32 Å². The summed E-state index contributed by atoms with van der Waals surface area (Å²) in [5.74, 6) is -1.46. The van der Waals surface area contributed by atoms with Gasteiger partial charge in [0.1, 0.15) is 5.69 Å². The number of rotatable bonds is 3. The first-order chi connectivity index (χ1) is 9.77. The van der Waals surface area contributed by atoms with Gasteiger partial charge in [-0.1, -0.05) is 11.6 Å². The second-order valence-electron chi connectivity index (χ2n) is 3.89. The summed E-state index contributed by atoms with van der Waals surface area (Å²) in [4.78, 5) is 17.7. The summed E-state index contributed by atoms with van der Waals surface area (Å²) in [6.07, 6.45) is -3.63. The van der Waals surface area contributed by atoms with E-state index in [1.54, 1.807) is 0 Å². The Bertz CT molecular complexity index is 692. The van der Waals surface area contributed by atoms with Gasteiger partial charge in [0.05, 0.1) is 16.3 Å². The molecule has 21 heavy (non-hydrogen) atoms. The number of nitrogens with zero attached hydrogens (tertiary/aromatic N) is 2. The number of hydrogen-bond donors (Lipinski definition) is 2. The number of anilines is 2. The Hall–Kier alpha value is -2.35.